The third-order valence-electron chi connectivity index (χ3n) is 1.71. The molecule has 12 heavy (non-hydrogen) atoms. The maximum Gasteiger partial charge on any atom is 0.526 e. The number of allylic oxidation sites excluding steroid dienone is 2. The van der Waals surface area contributed by atoms with Gasteiger partial charge in [-0.2, -0.15) is 0 Å². The zero-order valence-electron chi connectivity index (χ0n) is 7.02. The Bertz CT molecular complexity index is 223. The van der Waals surface area contributed by atoms with Gasteiger partial charge in [0, 0.05) is 13.5 Å². The van der Waals surface area contributed by atoms with Crippen molar-refractivity contribution < 1.29 is 18.5 Å². The smallest absolute Gasteiger partial charge is 0.409 e. The van der Waals surface area contributed by atoms with Gasteiger partial charge in [0.15, 0.2) is 0 Å². The van der Waals surface area contributed by atoms with Gasteiger partial charge < -0.3 is 4.52 Å². The van der Waals surface area contributed by atoms with E-state index in [4.69, 9.17) is 9.42 Å². The predicted octanol–water partition coefficient (Wildman–Crippen LogP) is 2.21. The average molecular weight is 192 g/mol. The Balaban J connectivity index is 2.50. The zero-order chi connectivity index (χ0) is 9.03. The van der Waals surface area contributed by atoms with Crippen LogP contribution in [0, 0.1) is 0 Å². The van der Waals surface area contributed by atoms with Gasteiger partial charge in [-0.25, -0.2) is 4.57 Å². The molecule has 0 amide bonds. The quantitative estimate of drug-likeness (QED) is 0.696. The summed E-state index contributed by atoms with van der Waals surface area (Å²) >= 11 is 0. The number of phosphoric acid groups is 1. The summed E-state index contributed by atoms with van der Waals surface area (Å²) in [4.78, 5) is 8.95. The Morgan fingerprint density at radius 1 is 1.58 bits per heavy atom. The predicted molar refractivity (Wildman–Crippen MR) is 44.5 cm³/mol. The number of rotatable bonds is 3. The van der Waals surface area contributed by atoms with E-state index in [0.29, 0.717) is 5.76 Å². The van der Waals surface area contributed by atoms with Crippen LogP contribution >= 0.6 is 7.82 Å². The SMILES string of the molecule is COP(=O)(O)OC1=CCCCC1. The Morgan fingerprint density at radius 3 is 2.83 bits per heavy atom. The normalized spacial score (nSPS) is 22.7. The summed E-state index contributed by atoms with van der Waals surface area (Å²) in [6, 6.07) is 0. The summed E-state index contributed by atoms with van der Waals surface area (Å²) in [6.45, 7) is 0. The molecule has 1 rings (SSSR count). The molecular formula is C7H13O4P. The van der Waals surface area contributed by atoms with E-state index in [-0.39, 0.29) is 0 Å². The fourth-order valence-corrected chi connectivity index (χ4v) is 1.61. The van der Waals surface area contributed by atoms with Crippen LogP contribution in [0.3, 0.4) is 0 Å². The van der Waals surface area contributed by atoms with Crippen molar-refractivity contribution in [3.05, 3.63) is 11.8 Å². The summed E-state index contributed by atoms with van der Waals surface area (Å²) in [5, 5.41) is 0. The van der Waals surface area contributed by atoms with E-state index in [1.54, 1.807) is 0 Å². The Hall–Kier alpha value is -0.310. The molecule has 1 aliphatic carbocycles. The lowest BCUT2D eigenvalue weighted by Crippen LogP contribution is -1.96. The van der Waals surface area contributed by atoms with Crippen molar-refractivity contribution in [2.24, 2.45) is 0 Å². The summed E-state index contributed by atoms with van der Waals surface area (Å²) in [6.07, 6.45) is 5.61. The highest BCUT2D eigenvalue weighted by atomic mass is 31.2. The van der Waals surface area contributed by atoms with Crippen LogP contribution in [0.25, 0.3) is 0 Å². The van der Waals surface area contributed by atoms with Crippen LogP contribution in [-0.2, 0) is 13.6 Å². The molecule has 0 aromatic heterocycles. The molecule has 4 nitrogen and oxygen atoms in total. The van der Waals surface area contributed by atoms with Crippen molar-refractivity contribution >= 4 is 7.82 Å². The fourth-order valence-electron chi connectivity index (χ4n) is 1.08. The first kappa shape index (κ1) is 9.78. The largest absolute Gasteiger partial charge is 0.526 e. The molecule has 0 heterocycles. The van der Waals surface area contributed by atoms with E-state index >= 15 is 0 Å². The second-order valence-corrected chi connectivity index (χ2v) is 4.14. The highest BCUT2D eigenvalue weighted by Gasteiger charge is 2.22. The van der Waals surface area contributed by atoms with Crippen molar-refractivity contribution in [3.63, 3.8) is 0 Å². The van der Waals surface area contributed by atoms with E-state index < -0.39 is 7.82 Å². The second kappa shape index (κ2) is 4.08. The molecule has 0 aromatic carbocycles. The number of phosphoric ester groups is 1. The molecule has 5 heteroatoms. The molecule has 1 unspecified atom stereocenters. The van der Waals surface area contributed by atoms with Gasteiger partial charge in [0.25, 0.3) is 0 Å². The van der Waals surface area contributed by atoms with Crippen molar-refractivity contribution in [2.75, 3.05) is 7.11 Å². The molecule has 0 aromatic rings. The first-order chi connectivity index (χ1) is 5.64. The maximum absolute atomic E-state index is 10.9. The maximum atomic E-state index is 10.9. The fraction of sp³-hybridized carbons (Fsp3) is 0.714. The van der Waals surface area contributed by atoms with E-state index in [9.17, 15) is 4.57 Å². The van der Waals surface area contributed by atoms with Gasteiger partial charge in [-0.05, 0) is 25.3 Å². The molecule has 1 N–H and O–H groups in total. The van der Waals surface area contributed by atoms with Crippen LogP contribution in [0.1, 0.15) is 25.7 Å². The molecule has 0 aliphatic heterocycles. The van der Waals surface area contributed by atoms with Gasteiger partial charge in [0.05, 0.1) is 0 Å². The molecule has 0 saturated heterocycles. The summed E-state index contributed by atoms with van der Waals surface area (Å²) in [7, 11) is -2.65. The van der Waals surface area contributed by atoms with Crippen LogP contribution in [0.15, 0.2) is 11.8 Å². The van der Waals surface area contributed by atoms with E-state index in [2.05, 4.69) is 4.52 Å². The molecule has 0 spiro atoms. The molecule has 0 radical (unpaired) electrons. The number of hydrogen-bond donors (Lipinski definition) is 1. The highest BCUT2D eigenvalue weighted by molar-refractivity contribution is 7.47. The molecule has 0 fully saturated rings. The standard InChI is InChI=1S/C7H13O4P/c1-10-12(8,9)11-7-5-3-2-4-6-7/h5H,2-4,6H2,1H3,(H,8,9). The Kier molecular flexibility index (Phi) is 3.32. The molecule has 1 aliphatic rings. The minimum absolute atomic E-state index is 0.578. The van der Waals surface area contributed by atoms with Crippen molar-refractivity contribution in [1.82, 2.24) is 0 Å². The Morgan fingerprint density at radius 2 is 2.33 bits per heavy atom. The van der Waals surface area contributed by atoms with Crippen LogP contribution in [0.2, 0.25) is 0 Å². The molecular weight excluding hydrogens is 179 g/mol. The third kappa shape index (κ3) is 2.97. The summed E-state index contributed by atoms with van der Waals surface area (Å²) in [5.74, 6) is 0.578. The van der Waals surface area contributed by atoms with Crippen LogP contribution < -0.4 is 0 Å². The van der Waals surface area contributed by atoms with Crippen molar-refractivity contribution in [2.45, 2.75) is 25.7 Å². The van der Waals surface area contributed by atoms with Crippen LogP contribution in [0.4, 0.5) is 0 Å². The van der Waals surface area contributed by atoms with Gasteiger partial charge in [0.1, 0.15) is 5.76 Å². The first-order valence-electron chi connectivity index (χ1n) is 3.91. The average Bonchev–Trinajstić information content (AvgIpc) is 2.06. The number of hydrogen-bond acceptors (Lipinski definition) is 3. The highest BCUT2D eigenvalue weighted by Crippen LogP contribution is 2.45. The third-order valence-corrected chi connectivity index (χ3v) is 2.64. The monoisotopic (exact) mass is 192 g/mol. The zero-order valence-corrected chi connectivity index (χ0v) is 7.92. The van der Waals surface area contributed by atoms with Crippen LogP contribution in [-0.4, -0.2) is 12.0 Å². The van der Waals surface area contributed by atoms with Crippen LogP contribution in [0.5, 0.6) is 0 Å². The first-order valence-corrected chi connectivity index (χ1v) is 5.41. The second-order valence-electron chi connectivity index (χ2n) is 2.66. The molecule has 1 atom stereocenters. The molecule has 0 saturated carbocycles. The van der Waals surface area contributed by atoms with Gasteiger partial charge in [-0.15, -0.1) is 0 Å². The van der Waals surface area contributed by atoms with E-state index in [1.165, 1.54) is 0 Å². The van der Waals surface area contributed by atoms with Crippen molar-refractivity contribution in [1.29, 1.82) is 0 Å². The van der Waals surface area contributed by atoms with Crippen molar-refractivity contribution in [3.8, 4) is 0 Å². The lowest BCUT2D eigenvalue weighted by atomic mass is 10.1. The van der Waals surface area contributed by atoms with Gasteiger partial charge in [0.2, 0.25) is 0 Å². The Labute approximate surface area is 71.8 Å². The minimum Gasteiger partial charge on any atom is -0.409 e. The minimum atomic E-state index is -3.81. The van der Waals surface area contributed by atoms with Gasteiger partial charge >= 0.3 is 7.82 Å². The van der Waals surface area contributed by atoms with E-state index in [1.807, 2.05) is 6.08 Å². The van der Waals surface area contributed by atoms with E-state index in [0.717, 1.165) is 32.8 Å². The lowest BCUT2D eigenvalue weighted by molar-refractivity contribution is 0.203. The topological polar surface area (TPSA) is 55.8 Å². The van der Waals surface area contributed by atoms with Gasteiger partial charge in [-0.3, -0.25) is 9.42 Å². The summed E-state index contributed by atoms with van der Waals surface area (Å²) in [5.41, 5.74) is 0. The van der Waals surface area contributed by atoms with Gasteiger partial charge in [-0.1, -0.05) is 0 Å². The molecule has 70 valence electrons. The lowest BCUT2D eigenvalue weighted by Gasteiger charge is -2.16. The molecule has 0 bridgehead atoms. The summed E-state index contributed by atoms with van der Waals surface area (Å²) < 4.78 is 20.0.